The van der Waals surface area contributed by atoms with Crippen LogP contribution in [0.15, 0.2) is 279 Å². The second kappa shape index (κ2) is 19.7. The number of hydrogen-bond donors (Lipinski definition) is 0. The van der Waals surface area contributed by atoms with E-state index in [4.69, 9.17) is 0 Å². The number of nitrogens with zero attached hydrogens (tertiary/aromatic N) is 2. The highest BCUT2D eigenvalue weighted by molar-refractivity contribution is 6.29. The molecule has 0 spiro atoms. The Morgan fingerprint density at radius 3 is 0.849 bits per heavy atom. The van der Waals surface area contributed by atoms with E-state index in [9.17, 15) is 0 Å². The average molecular weight is 1100 g/mol. The maximum absolute atomic E-state index is 2.54. The average Bonchev–Trinajstić information content (AvgIpc) is 1.44. The fourth-order valence-electron chi connectivity index (χ4n) is 15.6. The van der Waals surface area contributed by atoms with Gasteiger partial charge in [-0.1, -0.05) is 230 Å². The number of hydrogen-bond acceptors (Lipinski definition) is 2. The molecule has 14 aromatic carbocycles. The molecule has 410 valence electrons. The Labute approximate surface area is 504 Å². The Balaban J connectivity index is 0.931. The highest BCUT2D eigenvalue weighted by Gasteiger charge is 2.48. The molecule has 0 aliphatic heterocycles. The summed E-state index contributed by atoms with van der Waals surface area (Å²) in [6.45, 7) is 13.5. The first kappa shape index (κ1) is 51.4. The van der Waals surface area contributed by atoms with Gasteiger partial charge in [0.15, 0.2) is 0 Å². The van der Waals surface area contributed by atoms with Crippen LogP contribution in [0.25, 0.3) is 54.6 Å². The van der Waals surface area contributed by atoms with E-state index < -0.39 is 10.8 Å². The van der Waals surface area contributed by atoms with Gasteiger partial charge in [-0.2, -0.15) is 0 Å². The number of rotatable bonds is 10. The zero-order chi connectivity index (χ0) is 58.0. The van der Waals surface area contributed by atoms with Crippen LogP contribution in [0.1, 0.15) is 77.9 Å². The van der Waals surface area contributed by atoms with E-state index in [-0.39, 0.29) is 0 Å². The van der Waals surface area contributed by atoms with Crippen LogP contribution < -0.4 is 9.80 Å². The van der Waals surface area contributed by atoms with E-state index in [2.05, 4.69) is 330 Å². The van der Waals surface area contributed by atoms with Crippen molar-refractivity contribution < 1.29 is 0 Å². The van der Waals surface area contributed by atoms with Crippen molar-refractivity contribution in [3.63, 3.8) is 0 Å². The predicted molar refractivity (Wildman–Crippen MR) is 363 cm³/mol. The molecule has 0 saturated heterocycles. The molecule has 0 N–H and O–H groups in total. The van der Waals surface area contributed by atoms with Gasteiger partial charge < -0.3 is 9.80 Å². The molecule has 2 heteroatoms. The van der Waals surface area contributed by atoms with Crippen LogP contribution in [-0.4, -0.2) is 0 Å². The van der Waals surface area contributed by atoms with Crippen molar-refractivity contribution in [2.75, 3.05) is 9.80 Å². The normalized spacial score (nSPS) is 13.4. The van der Waals surface area contributed by atoms with Gasteiger partial charge in [0.2, 0.25) is 0 Å². The molecule has 0 atom stereocenters. The third-order valence-corrected chi connectivity index (χ3v) is 19.2. The summed E-state index contributed by atoms with van der Waals surface area (Å²) in [7, 11) is 0. The second-order valence-corrected chi connectivity index (χ2v) is 24.4. The lowest BCUT2D eigenvalue weighted by Gasteiger charge is -2.36. The van der Waals surface area contributed by atoms with Crippen LogP contribution in [-0.2, 0) is 10.8 Å². The first-order valence-corrected chi connectivity index (χ1v) is 30.3. The Morgan fingerprint density at radius 1 is 0.233 bits per heavy atom. The summed E-state index contributed by atoms with van der Waals surface area (Å²) in [6.07, 6.45) is 0. The first-order chi connectivity index (χ1) is 42.1. The Hall–Kier alpha value is -10.3. The third kappa shape index (κ3) is 7.52. The minimum absolute atomic E-state index is 0.560. The number of anilines is 6. The molecule has 14 aromatic rings. The van der Waals surface area contributed by atoms with Crippen molar-refractivity contribution in [2.24, 2.45) is 0 Å². The first-order valence-electron chi connectivity index (χ1n) is 30.3. The lowest BCUT2D eigenvalue weighted by molar-refractivity contribution is 0.767. The lowest BCUT2D eigenvalue weighted by Crippen LogP contribution is -2.29. The quantitative estimate of drug-likeness (QED) is 0.126. The summed E-state index contributed by atoms with van der Waals surface area (Å²) in [5, 5.41) is 7.49. The van der Waals surface area contributed by atoms with Gasteiger partial charge in [0.25, 0.3) is 0 Å². The summed E-state index contributed by atoms with van der Waals surface area (Å²) >= 11 is 0. The second-order valence-electron chi connectivity index (χ2n) is 24.4. The van der Waals surface area contributed by atoms with Crippen molar-refractivity contribution in [1.29, 1.82) is 0 Å². The Morgan fingerprint density at radius 2 is 0.512 bits per heavy atom. The van der Waals surface area contributed by atoms with Crippen LogP contribution in [0.2, 0.25) is 0 Å². The van der Waals surface area contributed by atoms with Crippen LogP contribution in [0.4, 0.5) is 34.1 Å². The van der Waals surface area contributed by atoms with E-state index in [1.165, 1.54) is 132 Å². The van der Waals surface area contributed by atoms with Gasteiger partial charge >= 0.3 is 0 Å². The standard InChI is InChI=1S/C84H64N2/c1-53-21-15-25-59(45-53)83(75-37-11-7-33-69(75)70-34-8-12-38-76(70)83)61-27-19-31-65(51-61)85(63-29-17-23-55(3)47-63)79-49-57(5)67-42-44-74-80(50-58(6)68-41-43-73(79)81(67)82(68)74)86(64-30-18-24-56(4)48-64)66-32-20-28-62(52-66)84(60-26-16-22-54(2)46-60)77-39-13-9-35-71(77)72-36-10-14-40-78(72)84/h7-52H,1-6H3. The van der Waals surface area contributed by atoms with Gasteiger partial charge in [-0.05, 0) is 213 Å². The zero-order valence-electron chi connectivity index (χ0n) is 49.5. The summed E-state index contributed by atoms with van der Waals surface area (Å²) in [6, 6.07) is 106. The van der Waals surface area contributed by atoms with Crippen LogP contribution >= 0.6 is 0 Å². The highest BCUT2D eigenvalue weighted by Crippen LogP contribution is 2.59. The molecule has 0 amide bonds. The van der Waals surface area contributed by atoms with E-state index in [0.717, 1.165) is 34.1 Å². The molecule has 2 aliphatic carbocycles. The molecule has 0 fully saturated rings. The minimum atomic E-state index is -0.560. The number of benzene rings is 14. The van der Waals surface area contributed by atoms with Crippen LogP contribution in [0.3, 0.4) is 0 Å². The van der Waals surface area contributed by atoms with Crippen molar-refractivity contribution >= 4 is 66.4 Å². The van der Waals surface area contributed by atoms with Crippen LogP contribution in [0.5, 0.6) is 0 Å². The summed E-state index contributed by atoms with van der Waals surface area (Å²) in [5.74, 6) is 0. The SMILES string of the molecule is Cc1cccc(N(c2cccc(C3(c4cccc(C)c4)c4ccccc4-c4ccccc43)c2)c2cc(C)c3ccc4c(N(c5cccc(C)c5)c5cccc(C6(c7cccc(C)c7)c7ccccc7-c7ccccc76)c5)cc(C)c5ccc2c3c54)c1. The Bertz CT molecular complexity index is 4650. The van der Waals surface area contributed by atoms with Crippen molar-refractivity contribution in [2.45, 2.75) is 52.4 Å². The third-order valence-electron chi connectivity index (χ3n) is 19.2. The smallest absolute Gasteiger partial charge is 0.0714 e. The molecule has 0 saturated carbocycles. The summed E-state index contributed by atoms with van der Waals surface area (Å²) < 4.78 is 0. The summed E-state index contributed by atoms with van der Waals surface area (Å²) in [4.78, 5) is 5.07. The van der Waals surface area contributed by atoms with E-state index >= 15 is 0 Å². The Kier molecular flexibility index (Phi) is 11.7. The van der Waals surface area contributed by atoms with Gasteiger partial charge in [-0.25, -0.2) is 0 Å². The maximum atomic E-state index is 2.54. The topological polar surface area (TPSA) is 6.48 Å². The minimum Gasteiger partial charge on any atom is -0.310 e. The molecule has 0 radical (unpaired) electrons. The zero-order valence-corrected chi connectivity index (χ0v) is 49.5. The molecular formula is C84H64N2. The van der Waals surface area contributed by atoms with E-state index in [1.54, 1.807) is 0 Å². The predicted octanol–water partition coefficient (Wildman–Crippen LogP) is 22.1. The summed E-state index contributed by atoms with van der Waals surface area (Å²) in [5.41, 5.74) is 28.4. The number of aryl methyl sites for hydroxylation is 6. The fourth-order valence-corrected chi connectivity index (χ4v) is 15.6. The maximum Gasteiger partial charge on any atom is 0.0714 e. The van der Waals surface area contributed by atoms with Gasteiger partial charge in [0.05, 0.1) is 22.2 Å². The van der Waals surface area contributed by atoms with Gasteiger partial charge in [0, 0.05) is 33.5 Å². The highest BCUT2D eigenvalue weighted by atomic mass is 15.2. The van der Waals surface area contributed by atoms with Gasteiger partial charge in [-0.3, -0.25) is 0 Å². The van der Waals surface area contributed by atoms with Gasteiger partial charge in [0.1, 0.15) is 0 Å². The molecule has 86 heavy (non-hydrogen) atoms. The van der Waals surface area contributed by atoms with E-state index in [1.807, 2.05) is 0 Å². The van der Waals surface area contributed by atoms with E-state index in [0.29, 0.717) is 0 Å². The monoisotopic (exact) mass is 1100 g/mol. The molecule has 0 unspecified atom stereocenters. The van der Waals surface area contributed by atoms with Crippen LogP contribution in [0, 0.1) is 41.5 Å². The van der Waals surface area contributed by atoms with Crippen molar-refractivity contribution in [3.8, 4) is 22.3 Å². The van der Waals surface area contributed by atoms with Gasteiger partial charge in [-0.15, -0.1) is 0 Å². The lowest BCUT2D eigenvalue weighted by atomic mass is 9.67. The molecule has 16 rings (SSSR count). The molecule has 2 nitrogen and oxygen atoms in total. The molecule has 0 aromatic heterocycles. The molecular weight excluding hydrogens is 1040 g/mol. The van der Waals surface area contributed by atoms with Crippen molar-refractivity contribution in [3.05, 3.63) is 357 Å². The fraction of sp³-hybridized carbons (Fsp3) is 0.0952. The van der Waals surface area contributed by atoms with Crippen molar-refractivity contribution in [1.82, 2.24) is 0 Å². The molecule has 0 heterocycles. The molecule has 2 aliphatic rings. The largest absolute Gasteiger partial charge is 0.310 e. The molecule has 0 bridgehead atoms. The number of fused-ring (bicyclic) bond motifs is 6.